The number of hydrogen-bond acceptors (Lipinski definition) is 3. The average molecular weight is 668 g/mol. The van der Waals surface area contributed by atoms with Crippen molar-refractivity contribution in [1.82, 2.24) is 15.0 Å². The van der Waals surface area contributed by atoms with Gasteiger partial charge in [-0.3, -0.25) is 4.98 Å². The Morgan fingerprint density at radius 3 is 1.58 bits per heavy atom. The molecule has 248 valence electrons. The van der Waals surface area contributed by atoms with Crippen LogP contribution >= 0.6 is 0 Å². The third kappa shape index (κ3) is 5.71. The number of aryl methyl sites for hydroxylation is 1. The van der Waals surface area contributed by atoms with Crippen LogP contribution in [0.25, 0.3) is 78.5 Å². The minimum Gasteiger partial charge on any atom is -0.253 e. The van der Waals surface area contributed by atoms with Crippen molar-refractivity contribution < 1.29 is 0 Å². The maximum absolute atomic E-state index is 5.23. The quantitative estimate of drug-likeness (QED) is 0.177. The Labute approximate surface area is 305 Å². The number of rotatable bonds is 6. The molecule has 0 aliphatic heterocycles. The zero-order valence-corrected chi connectivity index (χ0v) is 29.5. The molecule has 8 aromatic rings. The van der Waals surface area contributed by atoms with E-state index in [2.05, 4.69) is 166 Å². The van der Waals surface area contributed by atoms with Gasteiger partial charge in [-0.1, -0.05) is 135 Å². The standard InChI is InChI=1S/C49H37N3/c1-32-14-12-23-45(50-32)37-20-13-19-35(26-37)38-27-39(36-24-25-44-42(30-36)41-21-10-11-22-43(41)49(44,2)3)29-40(28-38)48-51-46(33-15-6-4-7-16-33)31-47(52-48)34-17-8-5-9-18-34/h4-31H,1-3H3. The molecule has 1 aliphatic rings. The zero-order valence-electron chi connectivity index (χ0n) is 29.5. The molecule has 52 heavy (non-hydrogen) atoms. The number of fused-ring (bicyclic) bond motifs is 3. The first-order chi connectivity index (χ1) is 25.4. The Balaban J connectivity index is 1.26. The van der Waals surface area contributed by atoms with Gasteiger partial charge in [0.05, 0.1) is 17.1 Å². The Morgan fingerprint density at radius 1 is 0.346 bits per heavy atom. The number of nitrogens with zero attached hydrogens (tertiary/aromatic N) is 3. The van der Waals surface area contributed by atoms with Gasteiger partial charge >= 0.3 is 0 Å². The van der Waals surface area contributed by atoms with Crippen LogP contribution in [0.1, 0.15) is 30.7 Å². The zero-order chi connectivity index (χ0) is 35.2. The van der Waals surface area contributed by atoms with Crippen molar-refractivity contribution in [3.63, 3.8) is 0 Å². The lowest BCUT2D eigenvalue weighted by molar-refractivity contribution is 0.660. The van der Waals surface area contributed by atoms with E-state index in [1.807, 2.05) is 25.1 Å². The maximum Gasteiger partial charge on any atom is 0.160 e. The smallest absolute Gasteiger partial charge is 0.160 e. The third-order valence-corrected chi connectivity index (χ3v) is 10.4. The van der Waals surface area contributed by atoms with Crippen molar-refractivity contribution in [2.75, 3.05) is 0 Å². The average Bonchev–Trinajstić information content (AvgIpc) is 3.43. The molecule has 0 saturated carbocycles. The van der Waals surface area contributed by atoms with Crippen LogP contribution in [0, 0.1) is 6.92 Å². The van der Waals surface area contributed by atoms with Gasteiger partial charge in [-0.15, -0.1) is 0 Å². The van der Waals surface area contributed by atoms with Crippen LogP contribution < -0.4 is 0 Å². The summed E-state index contributed by atoms with van der Waals surface area (Å²) < 4.78 is 0. The van der Waals surface area contributed by atoms with Crippen LogP contribution in [0.15, 0.2) is 170 Å². The second kappa shape index (κ2) is 12.7. The van der Waals surface area contributed by atoms with Crippen LogP contribution in [0.2, 0.25) is 0 Å². The first-order valence-corrected chi connectivity index (χ1v) is 17.9. The van der Waals surface area contributed by atoms with Gasteiger partial charge in [-0.05, 0) is 100.0 Å². The van der Waals surface area contributed by atoms with E-state index >= 15 is 0 Å². The molecule has 2 aromatic heterocycles. The molecular weight excluding hydrogens is 631 g/mol. The molecule has 2 heterocycles. The summed E-state index contributed by atoms with van der Waals surface area (Å²) in [5.41, 5.74) is 17.7. The highest BCUT2D eigenvalue weighted by molar-refractivity contribution is 5.87. The Bertz CT molecular complexity index is 2550. The van der Waals surface area contributed by atoms with Gasteiger partial charge in [0.2, 0.25) is 0 Å². The molecule has 0 saturated heterocycles. The van der Waals surface area contributed by atoms with E-state index in [1.54, 1.807) is 0 Å². The highest BCUT2D eigenvalue weighted by atomic mass is 14.9. The summed E-state index contributed by atoms with van der Waals surface area (Å²) >= 11 is 0. The second-order valence-electron chi connectivity index (χ2n) is 14.2. The number of benzene rings is 6. The Hall–Kier alpha value is -6.45. The van der Waals surface area contributed by atoms with Gasteiger partial charge in [0.1, 0.15) is 0 Å². The lowest BCUT2D eigenvalue weighted by Gasteiger charge is -2.21. The summed E-state index contributed by atoms with van der Waals surface area (Å²) in [6.45, 7) is 6.69. The summed E-state index contributed by atoms with van der Waals surface area (Å²) in [7, 11) is 0. The predicted molar refractivity (Wildman–Crippen MR) is 215 cm³/mol. The van der Waals surface area contributed by atoms with E-state index in [1.165, 1.54) is 22.3 Å². The van der Waals surface area contributed by atoms with Gasteiger partial charge in [0, 0.05) is 33.4 Å². The molecule has 9 rings (SSSR count). The minimum absolute atomic E-state index is 0.0543. The molecule has 1 aliphatic carbocycles. The Morgan fingerprint density at radius 2 is 0.885 bits per heavy atom. The monoisotopic (exact) mass is 667 g/mol. The molecule has 0 N–H and O–H groups in total. The SMILES string of the molecule is Cc1cccc(-c2cccc(-c3cc(-c4ccc5c(c4)-c4ccccc4C5(C)C)cc(-c4nc(-c5ccccc5)cc(-c5ccccc5)n4)c3)c2)n1. The largest absolute Gasteiger partial charge is 0.253 e. The fourth-order valence-electron chi connectivity index (χ4n) is 7.64. The highest BCUT2D eigenvalue weighted by Gasteiger charge is 2.35. The fraction of sp³-hybridized carbons (Fsp3) is 0.0816. The predicted octanol–water partition coefficient (Wildman–Crippen LogP) is 12.5. The van der Waals surface area contributed by atoms with Crippen molar-refractivity contribution in [1.29, 1.82) is 0 Å². The van der Waals surface area contributed by atoms with Crippen LogP contribution in [0.3, 0.4) is 0 Å². The van der Waals surface area contributed by atoms with E-state index in [0.29, 0.717) is 5.82 Å². The van der Waals surface area contributed by atoms with Gasteiger partial charge in [-0.25, -0.2) is 9.97 Å². The summed E-state index contributed by atoms with van der Waals surface area (Å²) in [6, 6.07) is 60.3. The van der Waals surface area contributed by atoms with Gasteiger partial charge in [0.15, 0.2) is 5.82 Å². The van der Waals surface area contributed by atoms with E-state index in [9.17, 15) is 0 Å². The lowest BCUT2D eigenvalue weighted by Crippen LogP contribution is -2.14. The molecule has 0 amide bonds. The molecule has 0 atom stereocenters. The van der Waals surface area contributed by atoms with Gasteiger partial charge in [-0.2, -0.15) is 0 Å². The Kier molecular flexibility index (Phi) is 7.70. The van der Waals surface area contributed by atoms with Crippen LogP contribution in [-0.4, -0.2) is 15.0 Å². The summed E-state index contributed by atoms with van der Waals surface area (Å²) in [6.07, 6.45) is 0. The van der Waals surface area contributed by atoms with Crippen molar-refractivity contribution in [2.45, 2.75) is 26.2 Å². The van der Waals surface area contributed by atoms with Gasteiger partial charge < -0.3 is 0 Å². The minimum atomic E-state index is -0.0543. The number of aromatic nitrogens is 3. The molecule has 0 bridgehead atoms. The lowest BCUT2D eigenvalue weighted by atomic mass is 9.82. The molecule has 0 radical (unpaired) electrons. The van der Waals surface area contributed by atoms with Crippen molar-refractivity contribution in [3.8, 4) is 78.5 Å². The molecule has 0 fully saturated rings. The van der Waals surface area contributed by atoms with Gasteiger partial charge in [0.25, 0.3) is 0 Å². The normalized spacial score (nSPS) is 12.7. The van der Waals surface area contributed by atoms with Crippen molar-refractivity contribution in [2.24, 2.45) is 0 Å². The van der Waals surface area contributed by atoms with E-state index in [4.69, 9.17) is 15.0 Å². The number of pyridine rings is 1. The first kappa shape index (κ1) is 31.5. The molecule has 3 nitrogen and oxygen atoms in total. The van der Waals surface area contributed by atoms with Crippen LogP contribution in [-0.2, 0) is 5.41 Å². The van der Waals surface area contributed by atoms with E-state index < -0.39 is 0 Å². The first-order valence-electron chi connectivity index (χ1n) is 17.9. The molecule has 3 heteroatoms. The van der Waals surface area contributed by atoms with E-state index in [0.717, 1.165) is 67.3 Å². The van der Waals surface area contributed by atoms with Crippen molar-refractivity contribution >= 4 is 0 Å². The van der Waals surface area contributed by atoms with E-state index in [-0.39, 0.29) is 5.41 Å². The number of hydrogen-bond donors (Lipinski definition) is 0. The van der Waals surface area contributed by atoms with Crippen LogP contribution in [0.4, 0.5) is 0 Å². The highest BCUT2D eigenvalue weighted by Crippen LogP contribution is 2.49. The molecule has 0 unspecified atom stereocenters. The fourth-order valence-corrected chi connectivity index (χ4v) is 7.64. The summed E-state index contributed by atoms with van der Waals surface area (Å²) in [5.74, 6) is 0.687. The van der Waals surface area contributed by atoms with Crippen LogP contribution in [0.5, 0.6) is 0 Å². The molecular formula is C49H37N3. The second-order valence-corrected chi connectivity index (χ2v) is 14.2. The van der Waals surface area contributed by atoms with Crippen molar-refractivity contribution in [3.05, 3.63) is 187 Å². The maximum atomic E-state index is 5.23. The summed E-state index contributed by atoms with van der Waals surface area (Å²) in [5, 5.41) is 0. The molecule has 0 spiro atoms. The molecule has 6 aromatic carbocycles. The topological polar surface area (TPSA) is 38.7 Å². The summed E-state index contributed by atoms with van der Waals surface area (Å²) in [4.78, 5) is 15.3. The third-order valence-electron chi connectivity index (χ3n) is 10.4.